The highest BCUT2D eigenvalue weighted by Crippen LogP contribution is 2.03. The Morgan fingerprint density at radius 3 is 3.00 bits per heavy atom. The van der Waals surface area contributed by atoms with Crippen LogP contribution in [0.1, 0.15) is 25.3 Å². The number of hydrogen-bond donors (Lipinski definition) is 2. The number of benzene rings is 1. The molecule has 1 unspecified atom stereocenters. The molecule has 1 aromatic carbocycles. The number of ether oxygens (including phenoxy) is 1. The van der Waals surface area contributed by atoms with Crippen LogP contribution in [0.5, 0.6) is 0 Å². The minimum Gasteiger partial charge on any atom is -0.389 e. The molecule has 4 heteroatoms. The van der Waals surface area contributed by atoms with Crippen molar-refractivity contribution in [3.8, 4) is 0 Å². The van der Waals surface area contributed by atoms with Crippen LogP contribution in [-0.4, -0.2) is 37.5 Å². The molecule has 0 aliphatic rings. The van der Waals surface area contributed by atoms with Crippen LogP contribution in [-0.2, 0) is 11.2 Å². The first-order chi connectivity index (χ1) is 9.22. The average molecular weight is 269 g/mol. The SMILES string of the molecule is CCCCOCC(O)CNCCc1cccc(F)c1. The summed E-state index contributed by atoms with van der Waals surface area (Å²) < 4.78 is 18.3. The van der Waals surface area contributed by atoms with Crippen LogP contribution in [0.4, 0.5) is 4.39 Å². The Labute approximate surface area is 114 Å². The van der Waals surface area contributed by atoms with E-state index in [9.17, 15) is 9.50 Å². The molecule has 2 N–H and O–H groups in total. The number of nitrogens with one attached hydrogen (secondary N) is 1. The molecule has 0 spiro atoms. The van der Waals surface area contributed by atoms with Gasteiger partial charge in [0.2, 0.25) is 0 Å². The fourth-order valence-electron chi connectivity index (χ4n) is 1.72. The number of unbranched alkanes of at least 4 members (excludes halogenated alkanes) is 1. The van der Waals surface area contributed by atoms with E-state index in [2.05, 4.69) is 12.2 Å². The van der Waals surface area contributed by atoms with Gasteiger partial charge in [-0.15, -0.1) is 0 Å². The van der Waals surface area contributed by atoms with E-state index in [0.717, 1.165) is 31.4 Å². The standard InChI is InChI=1S/C15H24FNO2/c1-2-3-9-19-12-15(18)11-17-8-7-13-5-4-6-14(16)10-13/h4-6,10,15,17-18H,2-3,7-9,11-12H2,1H3. The maximum absolute atomic E-state index is 12.9. The van der Waals surface area contributed by atoms with Gasteiger partial charge in [-0.2, -0.15) is 0 Å². The van der Waals surface area contributed by atoms with Crippen molar-refractivity contribution in [1.82, 2.24) is 5.32 Å². The molecular weight excluding hydrogens is 245 g/mol. The summed E-state index contributed by atoms with van der Waals surface area (Å²) in [7, 11) is 0. The quantitative estimate of drug-likeness (QED) is 0.639. The molecule has 0 heterocycles. The van der Waals surface area contributed by atoms with Crippen molar-refractivity contribution >= 4 is 0 Å². The zero-order valence-corrected chi connectivity index (χ0v) is 11.6. The van der Waals surface area contributed by atoms with Crippen LogP contribution >= 0.6 is 0 Å². The Hall–Kier alpha value is -0.970. The molecule has 0 bridgehead atoms. The van der Waals surface area contributed by atoms with Gasteiger partial charge in [0.15, 0.2) is 0 Å². The summed E-state index contributed by atoms with van der Waals surface area (Å²) in [5.41, 5.74) is 0.959. The second-order valence-electron chi connectivity index (χ2n) is 4.67. The third-order valence-corrected chi connectivity index (χ3v) is 2.81. The lowest BCUT2D eigenvalue weighted by Gasteiger charge is -2.12. The lowest BCUT2D eigenvalue weighted by atomic mass is 10.1. The maximum Gasteiger partial charge on any atom is 0.123 e. The Bertz CT molecular complexity index is 347. The van der Waals surface area contributed by atoms with Gasteiger partial charge in [-0.25, -0.2) is 4.39 Å². The second kappa shape index (κ2) is 9.89. The van der Waals surface area contributed by atoms with Crippen LogP contribution in [0.3, 0.4) is 0 Å². The molecule has 0 amide bonds. The molecule has 0 aromatic heterocycles. The Kier molecular flexibility index (Phi) is 8.38. The topological polar surface area (TPSA) is 41.5 Å². The summed E-state index contributed by atoms with van der Waals surface area (Å²) in [6.07, 6.45) is 2.40. The van der Waals surface area contributed by atoms with Crippen LogP contribution < -0.4 is 5.32 Å². The fourth-order valence-corrected chi connectivity index (χ4v) is 1.72. The van der Waals surface area contributed by atoms with Crippen LogP contribution in [0.25, 0.3) is 0 Å². The van der Waals surface area contributed by atoms with E-state index in [-0.39, 0.29) is 5.82 Å². The first-order valence-electron chi connectivity index (χ1n) is 6.93. The maximum atomic E-state index is 12.9. The van der Waals surface area contributed by atoms with Crippen molar-refractivity contribution in [3.05, 3.63) is 35.6 Å². The lowest BCUT2D eigenvalue weighted by Crippen LogP contribution is -2.31. The number of hydrogen-bond acceptors (Lipinski definition) is 3. The number of rotatable bonds is 10. The van der Waals surface area contributed by atoms with Gasteiger partial charge < -0.3 is 15.2 Å². The predicted molar refractivity (Wildman–Crippen MR) is 74.7 cm³/mol. The minimum atomic E-state index is -0.482. The molecule has 0 saturated heterocycles. The molecule has 1 aromatic rings. The molecule has 19 heavy (non-hydrogen) atoms. The number of aliphatic hydroxyl groups excluding tert-OH is 1. The molecule has 0 aliphatic heterocycles. The van der Waals surface area contributed by atoms with E-state index >= 15 is 0 Å². The highest BCUT2D eigenvalue weighted by Gasteiger charge is 2.03. The molecule has 108 valence electrons. The number of aliphatic hydroxyl groups is 1. The molecular formula is C15H24FNO2. The van der Waals surface area contributed by atoms with Gasteiger partial charge in [-0.3, -0.25) is 0 Å². The summed E-state index contributed by atoms with van der Waals surface area (Å²) in [5, 5.41) is 12.8. The van der Waals surface area contributed by atoms with Crippen LogP contribution in [0.15, 0.2) is 24.3 Å². The third-order valence-electron chi connectivity index (χ3n) is 2.81. The minimum absolute atomic E-state index is 0.207. The Morgan fingerprint density at radius 1 is 1.42 bits per heavy atom. The highest BCUT2D eigenvalue weighted by molar-refractivity contribution is 5.16. The van der Waals surface area contributed by atoms with Gasteiger partial charge >= 0.3 is 0 Å². The summed E-state index contributed by atoms with van der Waals surface area (Å²) in [5.74, 6) is -0.207. The monoisotopic (exact) mass is 269 g/mol. The van der Waals surface area contributed by atoms with Crippen molar-refractivity contribution in [3.63, 3.8) is 0 Å². The van der Waals surface area contributed by atoms with Crippen molar-refractivity contribution in [2.24, 2.45) is 0 Å². The number of halogens is 1. The first-order valence-corrected chi connectivity index (χ1v) is 6.93. The Morgan fingerprint density at radius 2 is 2.26 bits per heavy atom. The average Bonchev–Trinajstić information content (AvgIpc) is 2.40. The van der Waals surface area contributed by atoms with Gasteiger partial charge in [-0.05, 0) is 37.1 Å². The van der Waals surface area contributed by atoms with E-state index in [1.807, 2.05) is 6.07 Å². The fraction of sp³-hybridized carbons (Fsp3) is 0.600. The zero-order valence-electron chi connectivity index (χ0n) is 11.6. The molecule has 0 radical (unpaired) electrons. The summed E-state index contributed by atoms with van der Waals surface area (Å²) >= 11 is 0. The van der Waals surface area contributed by atoms with Gasteiger partial charge in [0.1, 0.15) is 5.82 Å². The van der Waals surface area contributed by atoms with Crippen molar-refractivity contribution in [1.29, 1.82) is 0 Å². The summed E-state index contributed by atoms with van der Waals surface area (Å²) in [4.78, 5) is 0. The molecule has 0 saturated carbocycles. The van der Waals surface area contributed by atoms with Crippen molar-refractivity contribution < 1.29 is 14.2 Å². The largest absolute Gasteiger partial charge is 0.389 e. The van der Waals surface area contributed by atoms with E-state index in [1.165, 1.54) is 12.1 Å². The Balaban J connectivity index is 2.03. The van der Waals surface area contributed by atoms with Crippen molar-refractivity contribution in [2.45, 2.75) is 32.3 Å². The highest BCUT2D eigenvalue weighted by atomic mass is 19.1. The summed E-state index contributed by atoms with van der Waals surface area (Å²) in [6, 6.07) is 6.58. The summed E-state index contributed by atoms with van der Waals surface area (Å²) in [6.45, 7) is 4.40. The lowest BCUT2D eigenvalue weighted by molar-refractivity contribution is 0.0361. The third kappa shape index (κ3) is 7.93. The molecule has 3 nitrogen and oxygen atoms in total. The molecule has 0 aliphatic carbocycles. The smallest absolute Gasteiger partial charge is 0.123 e. The van der Waals surface area contributed by atoms with Crippen molar-refractivity contribution in [2.75, 3.05) is 26.3 Å². The van der Waals surface area contributed by atoms with Gasteiger partial charge in [0.05, 0.1) is 12.7 Å². The van der Waals surface area contributed by atoms with Crippen LogP contribution in [0.2, 0.25) is 0 Å². The first kappa shape index (κ1) is 16.1. The van der Waals surface area contributed by atoms with E-state index in [1.54, 1.807) is 6.07 Å². The molecule has 0 fully saturated rings. The second-order valence-corrected chi connectivity index (χ2v) is 4.67. The van der Waals surface area contributed by atoms with Crippen LogP contribution in [0, 0.1) is 5.82 Å². The van der Waals surface area contributed by atoms with Gasteiger partial charge in [0, 0.05) is 13.2 Å². The normalized spacial score (nSPS) is 12.6. The predicted octanol–water partition coefficient (Wildman–Crippen LogP) is 2.14. The zero-order chi connectivity index (χ0) is 13.9. The van der Waals surface area contributed by atoms with E-state index in [0.29, 0.717) is 19.8 Å². The van der Waals surface area contributed by atoms with Gasteiger partial charge in [-0.1, -0.05) is 25.5 Å². The molecule has 1 atom stereocenters. The van der Waals surface area contributed by atoms with E-state index < -0.39 is 6.10 Å². The van der Waals surface area contributed by atoms with Gasteiger partial charge in [0.25, 0.3) is 0 Å². The molecule has 1 rings (SSSR count). The van der Waals surface area contributed by atoms with E-state index in [4.69, 9.17) is 4.74 Å².